The molecule has 0 bridgehead atoms. The first-order chi connectivity index (χ1) is 11.3. The highest BCUT2D eigenvalue weighted by Crippen LogP contribution is 2.62. The molecule has 0 saturated heterocycles. The summed E-state index contributed by atoms with van der Waals surface area (Å²) in [7, 11) is 0. The van der Waals surface area contributed by atoms with Gasteiger partial charge in [0.1, 0.15) is 0 Å². The molecule has 128 valence electrons. The highest BCUT2D eigenvalue weighted by molar-refractivity contribution is 5.42. The number of hydrogen-bond acceptors (Lipinski definition) is 0. The molecule has 0 heteroatoms. The molecule has 0 nitrogen and oxygen atoms in total. The zero-order valence-electron chi connectivity index (χ0n) is 15.3. The van der Waals surface area contributed by atoms with Crippen LogP contribution < -0.4 is 0 Å². The average molecular weight is 313 g/mol. The zero-order chi connectivity index (χ0) is 15.7. The molecule has 0 N–H and O–H groups in total. The number of fused-ring (bicyclic) bond motifs is 4. The van der Waals surface area contributed by atoms with E-state index in [1.807, 2.05) is 11.1 Å². The Kier molecular flexibility index (Phi) is 4.70. The lowest BCUT2D eigenvalue weighted by molar-refractivity contribution is 0.0842. The van der Waals surface area contributed by atoms with Crippen LogP contribution in [0, 0.1) is 17.3 Å². The molecule has 2 saturated carbocycles. The third kappa shape index (κ3) is 2.85. The van der Waals surface area contributed by atoms with Gasteiger partial charge in [-0.3, -0.25) is 0 Å². The second-order valence-corrected chi connectivity index (χ2v) is 8.94. The van der Waals surface area contributed by atoms with Gasteiger partial charge in [-0.05, 0) is 92.6 Å². The van der Waals surface area contributed by atoms with Crippen molar-refractivity contribution in [2.45, 2.75) is 103 Å². The third-order valence-corrected chi connectivity index (χ3v) is 7.85. The van der Waals surface area contributed by atoms with Crippen molar-refractivity contribution in [3.05, 3.63) is 22.8 Å². The van der Waals surface area contributed by atoms with Crippen molar-refractivity contribution in [3.8, 4) is 0 Å². The number of hydrogen-bond donors (Lipinski definition) is 0. The first-order valence-corrected chi connectivity index (χ1v) is 10.8. The van der Waals surface area contributed by atoms with E-state index in [9.17, 15) is 0 Å². The topological polar surface area (TPSA) is 0 Å². The van der Waals surface area contributed by atoms with E-state index in [1.165, 1.54) is 77.0 Å². The van der Waals surface area contributed by atoms with Gasteiger partial charge in [0.25, 0.3) is 0 Å². The summed E-state index contributed by atoms with van der Waals surface area (Å²) in [5, 5.41) is 0. The van der Waals surface area contributed by atoms with Crippen molar-refractivity contribution in [1.29, 1.82) is 0 Å². The molecule has 0 spiro atoms. The van der Waals surface area contributed by atoms with Crippen LogP contribution >= 0.6 is 0 Å². The first kappa shape index (κ1) is 16.0. The van der Waals surface area contributed by atoms with Crippen molar-refractivity contribution < 1.29 is 0 Å². The fourth-order valence-electron chi connectivity index (χ4n) is 6.77. The lowest BCUT2D eigenvalue weighted by Crippen LogP contribution is -2.38. The Labute approximate surface area is 143 Å². The van der Waals surface area contributed by atoms with Gasteiger partial charge in [0.2, 0.25) is 0 Å². The van der Waals surface area contributed by atoms with Crippen molar-refractivity contribution in [1.82, 2.24) is 0 Å². The molecule has 0 radical (unpaired) electrons. The van der Waals surface area contributed by atoms with Crippen LogP contribution in [0.1, 0.15) is 103 Å². The van der Waals surface area contributed by atoms with Gasteiger partial charge in [0.05, 0.1) is 0 Å². The van der Waals surface area contributed by atoms with Gasteiger partial charge >= 0.3 is 0 Å². The predicted molar refractivity (Wildman–Crippen MR) is 99.5 cm³/mol. The minimum Gasteiger partial charge on any atom is -0.0810 e. The van der Waals surface area contributed by atoms with E-state index in [0.29, 0.717) is 0 Å². The first-order valence-electron chi connectivity index (χ1n) is 10.8. The van der Waals surface area contributed by atoms with Crippen LogP contribution in [0.15, 0.2) is 22.8 Å². The summed E-state index contributed by atoms with van der Waals surface area (Å²) < 4.78 is 0. The number of allylic oxidation sites excluding steroid dienone is 4. The summed E-state index contributed by atoms with van der Waals surface area (Å²) >= 11 is 0. The normalized spacial score (nSPS) is 36.3. The Morgan fingerprint density at radius 1 is 1.00 bits per heavy atom. The fraction of sp³-hybridized carbons (Fsp3) is 0.826. The molecule has 0 amide bonds. The van der Waals surface area contributed by atoms with Crippen LogP contribution in [0.4, 0.5) is 0 Å². The zero-order valence-corrected chi connectivity index (χ0v) is 15.3. The maximum absolute atomic E-state index is 2.59. The predicted octanol–water partition coefficient (Wildman–Crippen LogP) is 7.35. The molecule has 4 aliphatic carbocycles. The maximum atomic E-state index is 2.59. The summed E-state index contributed by atoms with van der Waals surface area (Å²) in [6.45, 7) is 2.34. The molecular weight excluding hydrogens is 276 g/mol. The Morgan fingerprint density at radius 2 is 1.96 bits per heavy atom. The number of rotatable bonds is 5. The summed E-state index contributed by atoms with van der Waals surface area (Å²) in [4.78, 5) is 0. The van der Waals surface area contributed by atoms with Gasteiger partial charge in [0.15, 0.2) is 0 Å². The molecule has 0 aromatic carbocycles. The molecule has 0 heterocycles. The fourth-order valence-corrected chi connectivity index (χ4v) is 6.77. The van der Waals surface area contributed by atoms with Crippen LogP contribution in [0.3, 0.4) is 0 Å². The van der Waals surface area contributed by atoms with Crippen LogP contribution in [0.25, 0.3) is 0 Å². The molecule has 4 aliphatic rings. The monoisotopic (exact) mass is 312 g/mol. The summed E-state index contributed by atoms with van der Waals surface area (Å²) in [6.07, 6.45) is 24.7. The lowest BCUT2D eigenvalue weighted by atomic mass is 9.56. The van der Waals surface area contributed by atoms with Gasteiger partial charge in [-0.1, -0.05) is 50.7 Å². The highest BCUT2D eigenvalue weighted by Gasteiger charge is 2.50. The SMILES string of the molecule is CCCCCC[C@@]12CCC[C@H]1[C@@H]1CCC3=CCCCC3=C1CC2. The molecule has 0 aromatic heterocycles. The largest absolute Gasteiger partial charge is 0.0810 e. The Bertz CT molecular complexity index is 494. The standard InChI is InChI=1S/C23H36/c1-2-3-4-7-15-23-16-8-11-22(23)21-13-12-18-9-5-6-10-19(18)20(21)14-17-23/h9,21-22H,2-8,10-17H2,1H3/t21-,22+,23+/m1/s1. The quantitative estimate of drug-likeness (QED) is 0.465. The average Bonchev–Trinajstić information content (AvgIpc) is 3.03. The van der Waals surface area contributed by atoms with E-state index < -0.39 is 0 Å². The van der Waals surface area contributed by atoms with Crippen LogP contribution in [-0.4, -0.2) is 0 Å². The van der Waals surface area contributed by atoms with E-state index in [4.69, 9.17) is 0 Å². The number of unbranched alkanes of at least 4 members (excludes halogenated alkanes) is 3. The molecular formula is C23H36. The second-order valence-electron chi connectivity index (χ2n) is 8.94. The molecule has 2 fully saturated rings. The molecule has 0 unspecified atom stereocenters. The van der Waals surface area contributed by atoms with Gasteiger partial charge in [0, 0.05) is 0 Å². The Hall–Kier alpha value is -0.520. The minimum absolute atomic E-state index is 0.762. The Balaban J connectivity index is 1.54. The molecule has 4 rings (SSSR count). The van der Waals surface area contributed by atoms with E-state index in [-0.39, 0.29) is 0 Å². The van der Waals surface area contributed by atoms with Crippen molar-refractivity contribution in [2.75, 3.05) is 0 Å². The smallest absolute Gasteiger partial charge is 0.0160 e. The molecule has 3 atom stereocenters. The van der Waals surface area contributed by atoms with Crippen molar-refractivity contribution in [2.24, 2.45) is 17.3 Å². The van der Waals surface area contributed by atoms with E-state index in [2.05, 4.69) is 13.0 Å². The van der Waals surface area contributed by atoms with Gasteiger partial charge in [-0.2, -0.15) is 0 Å². The second kappa shape index (κ2) is 6.77. The van der Waals surface area contributed by atoms with E-state index >= 15 is 0 Å². The van der Waals surface area contributed by atoms with Crippen molar-refractivity contribution in [3.63, 3.8) is 0 Å². The van der Waals surface area contributed by atoms with Crippen LogP contribution in [-0.2, 0) is 0 Å². The molecule has 23 heavy (non-hydrogen) atoms. The summed E-state index contributed by atoms with van der Waals surface area (Å²) in [6, 6.07) is 0. The van der Waals surface area contributed by atoms with Crippen LogP contribution in [0.2, 0.25) is 0 Å². The van der Waals surface area contributed by atoms with E-state index in [0.717, 1.165) is 17.3 Å². The summed E-state index contributed by atoms with van der Waals surface area (Å²) in [5.74, 6) is 2.05. The van der Waals surface area contributed by atoms with Crippen molar-refractivity contribution >= 4 is 0 Å². The lowest BCUT2D eigenvalue weighted by Gasteiger charge is -2.49. The molecule has 0 aromatic rings. The van der Waals surface area contributed by atoms with Gasteiger partial charge in [-0.25, -0.2) is 0 Å². The van der Waals surface area contributed by atoms with E-state index in [1.54, 1.807) is 24.8 Å². The van der Waals surface area contributed by atoms with Gasteiger partial charge in [-0.15, -0.1) is 0 Å². The maximum Gasteiger partial charge on any atom is -0.0160 e. The molecule has 0 aliphatic heterocycles. The van der Waals surface area contributed by atoms with Crippen LogP contribution in [0.5, 0.6) is 0 Å². The third-order valence-electron chi connectivity index (χ3n) is 7.85. The minimum atomic E-state index is 0.762. The van der Waals surface area contributed by atoms with Gasteiger partial charge < -0.3 is 0 Å². The Morgan fingerprint density at radius 3 is 2.87 bits per heavy atom. The summed E-state index contributed by atoms with van der Waals surface area (Å²) in [5.41, 5.74) is 6.35. The highest BCUT2D eigenvalue weighted by atomic mass is 14.5.